The summed E-state index contributed by atoms with van der Waals surface area (Å²) < 4.78 is 44.0. The second-order valence-corrected chi connectivity index (χ2v) is 25.5. The van der Waals surface area contributed by atoms with E-state index in [0.717, 1.165) is 88.6 Å². The molecule has 0 spiro atoms. The first-order valence-corrected chi connectivity index (χ1v) is 29.5. The maximum atomic E-state index is 15.8. The molecule has 2 atom stereocenters. The Labute approximate surface area is 478 Å². The van der Waals surface area contributed by atoms with Crippen molar-refractivity contribution in [1.82, 2.24) is 19.9 Å². The molecule has 14 nitrogen and oxygen atoms in total. The summed E-state index contributed by atoms with van der Waals surface area (Å²) in [6.45, 7) is 8.00. The average molecular weight is 1140 g/mol. The highest BCUT2D eigenvalue weighted by Crippen LogP contribution is 2.45. The topological polar surface area (TPSA) is 179 Å². The molecule has 4 aromatic heterocycles. The smallest absolute Gasteiger partial charge is 0.264 e. The fourth-order valence-electron chi connectivity index (χ4n) is 11.6. The Bertz CT molecular complexity index is 4100. The number of aromatic nitrogens is 4. The van der Waals surface area contributed by atoms with Gasteiger partial charge in [-0.05, 0) is 129 Å². The number of thiazole rings is 3. The Morgan fingerprint density at radius 3 is 1.80 bits per heavy atom. The number of para-hydroxylation sites is 4. The Hall–Kier alpha value is -8.19. The predicted octanol–water partition coefficient (Wildman–Crippen LogP) is 13.4. The standard InChI is InChI=1S/C63H56FN7O7S3/c1-61(2)31-39-15-9-18-46(57(39)76-61)75-34-52(74)69-60-70-53-42(44-17-10-24-65-44)25-35(27-48(53)80-60)29-62(3)32-40-13-7-12-38(55(40)77-62)21-23-51(73)68-59-71-54-43(64)26-36(28-49(54)81-59)30-63(4)33-41-14-8-11-37(56(41)78-63)20-22-50(72)67-58-66-45-16-5-6-19-47(45)79-58/h5-19,24-28,65H,20-23,29-34H2,1-4H3,(H,66,67,72)(H,68,71,73)(H,69,70,74). The van der Waals surface area contributed by atoms with Crippen LogP contribution in [0.1, 0.15) is 79.5 Å². The van der Waals surface area contributed by atoms with Crippen LogP contribution in [0.5, 0.6) is 23.0 Å². The van der Waals surface area contributed by atoms with Gasteiger partial charge in [0.15, 0.2) is 39.3 Å². The third kappa shape index (κ3) is 10.9. The minimum absolute atomic E-state index is 0.118. The Morgan fingerprint density at radius 2 is 1.16 bits per heavy atom. The van der Waals surface area contributed by atoms with Gasteiger partial charge in [-0.1, -0.05) is 94.7 Å². The van der Waals surface area contributed by atoms with Crippen LogP contribution in [0.4, 0.5) is 19.8 Å². The first-order valence-electron chi connectivity index (χ1n) is 27.0. The number of hydrogen-bond donors (Lipinski definition) is 4. The van der Waals surface area contributed by atoms with E-state index in [4.69, 9.17) is 23.9 Å². The van der Waals surface area contributed by atoms with Crippen molar-refractivity contribution in [2.24, 2.45) is 0 Å². The van der Waals surface area contributed by atoms with Crippen molar-refractivity contribution in [3.8, 4) is 34.3 Å². The van der Waals surface area contributed by atoms with Crippen LogP contribution in [0.3, 0.4) is 0 Å². The Balaban J connectivity index is 0.628. The molecule has 0 radical (unpaired) electrons. The molecule has 2 unspecified atom stereocenters. The lowest BCUT2D eigenvalue weighted by atomic mass is 9.90. The number of carbonyl (C=O) groups is 3. The van der Waals surface area contributed by atoms with E-state index in [9.17, 15) is 14.4 Å². The predicted molar refractivity (Wildman–Crippen MR) is 317 cm³/mol. The number of ether oxygens (including phenoxy) is 4. The van der Waals surface area contributed by atoms with E-state index in [1.165, 1.54) is 40.1 Å². The molecule has 3 aliphatic rings. The van der Waals surface area contributed by atoms with Crippen LogP contribution in [0, 0.1) is 5.82 Å². The third-order valence-corrected chi connectivity index (χ3v) is 17.8. The largest absolute Gasteiger partial charge is 0.486 e. The minimum atomic E-state index is -0.646. The van der Waals surface area contributed by atoms with Gasteiger partial charge in [-0.2, -0.15) is 0 Å². The second-order valence-electron chi connectivity index (χ2n) is 22.4. The molecule has 0 saturated heterocycles. The van der Waals surface area contributed by atoms with Crippen LogP contribution < -0.4 is 34.9 Å². The van der Waals surface area contributed by atoms with Gasteiger partial charge in [0.2, 0.25) is 11.8 Å². The van der Waals surface area contributed by atoms with Crippen molar-refractivity contribution in [2.45, 2.75) is 102 Å². The van der Waals surface area contributed by atoms with Gasteiger partial charge < -0.3 is 34.6 Å². The third-order valence-electron chi connectivity index (χ3n) is 15.0. The number of rotatable bonds is 17. The molecular formula is C63H56FN7O7S3. The molecule has 3 aliphatic heterocycles. The van der Waals surface area contributed by atoms with Crippen LogP contribution in [0.2, 0.25) is 0 Å². The minimum Gasteiger partial charge on any atom is -0.486 e. The van der Waals surface area contributed by atoms with Gasteiger partial charge in [0, 0.05) is 68.0 Å². The van der Waals surface area contributed by atoms with Crippen LogP contribution in [-0.4, -0.2) is 61.1 Å². The fourth-order valence-corrected chi connectivity index (χ4v) is 14.4. The van der Waals surface area contributed by atoms with Gasteiger partial charge >= 0.3 is 0 Å². The zero-order valence-electron chi connectivity index (χ0n) is 44.9. The number of benzene rings is 6. The fraction of sp³-hybridized carbons (Fsp3) is 0.270. The quantitative estimate of drug-likeness (QED) is 0.0686. The molecule has 7 heterocycles. The van der Waals surface area contributed by atoms with Crippen molar-refractivity contribution in [1.29, 1.82) is 0 Å². The highest BCUT2D eigenvalue weighted by molar-refractivity contribution is 7.23. The van der Waals surface area contributed by atoms with Gasteiger partial charge in [0.25, 0.3) is 5.91 Å². The number of aromatic amines is 1. The number of aryl methyl sites for hydroxylation is 2. The maximum Gasteiger partial charge on any atom is 0.264 e. The van der Waals surface area contributed by atoms with Crippen LogP contribution in [0.15, 0.2) is 121 Å². The number of fused-ring (bicyclic) bond motifs is 6. The first kappa shape index (κ1) is 52.2. The highest BCUT2D eigenvalue weighted by atomic mass is 32.1. The van der Waals surface area contributed by atoms with Crippen LogP contribution >= 0.6 is 34.0 Å². The van der Waals surface area contributed by atoms with E-state index in [-0.39, 0.29) is 48.3 Å². The van der Waals surface area contributed by atoms with E-state index in [1.807, 2.05) is 118 Å². The SMILES string of the molecule is CC1(C)Cc2cccc(OCC(=O)Nc3nc4c(-c5ccc[nH]5)cc(CC5(C)Cc6cccc(CCC(=O)Nc7nc8c(F)cc(CC9(C)Cc%10cccc(CCC(=O)Nc%11nc%12ccccc%12s%11)c%10O9)cc8s7)c6O5)cc4s3)c2O1. The van der Waals surface area contributed by atoms with Gasteiger partial charge in [-0.25, -0.2) is 19.3 Å². The van der Waals surface area contributed by atoms with Crippen molar-refractivity contribution < 1.29 is 37.7 Å². The summed E-state index contributed by atoms with van der Waals surface area (Å²) in [6.07, 6.45) is 6.32. The monoisotopic (exact) mass is 1140 g/mol. The summed E-state index contributed by atoms with van der Waals surface area (Å²) in [5, 5.41) is 10.2. The molecule has 0 fully saturated rings. The molecular weight excluding hydrogens is 1080 g/mol. The lowest BCUT2D eigenvalue weighted by molar-refractivity contribution is -0.118. The molecule has 18 heteroatoms. The van der Waals surface area contributed by atoms with Crippen molar-refractivity contribution >= 4 is 97.8 Å². The van der Waals surface area contributed by atoms with E-state index in [1.54, 1.807) is 0 Å². The van der Waals surface area contributed by atoms with Crippen molar-refractivity contribution in [2.75, 3.05) is 22.6 Å². The lowest BCUT2D eigenvalue weighted by Crippen LogP contribution is -2.33. The number of nitrogens with zero attached hydrogens (tertiary/aromatic N) is 3. The summed E-state index contributed by atoms with van der Waals surface area (Å²) >= 11 is 4.09. The molecule has 4 N–H and O–H groups in total. The zero-order valence-corrected chi connectivity index (χ0v) is 47.4. The summed E-state index contributed by atoms with van der Waals surface area (Å²) in [5.74, 6) is 1.64. The summed E-state index contributed by atoms with van der Waals surface area (Å²) in [5.41, 5.74) is 8.92. The van der Waals surface area contributed by atoms with E-state index < -0.39 is 17.0 Å². The van der Waals surface area contributed by atoms with Gasteiger partial charge in [0.05, 0.1) is 25.1 Å². The molecule has 81 heavy (non-hydrogen) atoms. The number of hydrogen-bond acceptors (Lipinski definition) is 13. The van der Waals surface area contributed by atoms with E-state index in [2.05, 4.69) is 56.0 Å². The molecule has 13 rings (SSSR count). The summed E-state index contributed by atoms with van der Waals surface area (Å²) in [7, 11) is 0. The van der Waals surface area contributed by atoms with Crippen LogP contribution in [-0.2, 0) is 59.3 Å². The second kappa shape index (κ2) is 20.7. The molecule has 6 aromatic carbocycles. The molecule has 0 bridgehead atoms. The Morgan fingerprint density at radius 1 is 0.593 bits per heavy atom. The number of anilines is 3. The summed E-state index contributed by atoms with van der Waals surface area (Å²) in [6, 6.07) is 37.3. The van der Waals surface area contributed by atoms with Gasteiger partial charge in [-0.15, -0.1) is 0 Å². The lowest BCUT2D eigenvalue weighted by Gasteiger charge is -2.25. The normalized spacial score (nSPS) is 17.5. The van der Waals surface area contributed by atoms with Gasteiger partial charge in [-0.3, -0.25) is 19.7 Å². The number of nitrogens with one attached hydrogen (secondary N) is 4. The number of amides is 3. The number of carbonyl (C=O) groups excluding carboxylic acids is 3. The molecule has 3 amide bonds. The average Bonchev–Trinajstić information content (AvgIpc) is 4.51. The number of H-pyrrole nitrogens is 1. The van der Waals surface area contributed by atoms with Crippen LogP contribution in [0.25, 0.3) is 41.9 Å². The maximum absolute atomic E-state index is 15.8. The molecule has 0 saturated carbocycles. The van der Waals surface area contributed by atoms with Gasteiger partial charge in [0.1, 0.15) is 33.8 Å². The van der Waals surface area contributed by atoms with E-state index >= 15 is 4.39 Å². The Kier molecular flexibility index (Phi) is 13.4. The molecule has 0 aliphatic carbocycles. The van der Waals surface area contributed by atoms with E-state index in [0.29, 0.717) is 70.1 Å². The van der Waals surface area contributed by atoms with Crippen molar-refractivity contribution in [3.05, 3.63) is 166 Å². The number of halogens is 1. The zero-order chi connectivity index (χ0) is 55.6. The highest BCUT2D eigenvalue weighted by Gasteiger charge is 2.39. The first-order chi connectivity index (χ1) is 39.1. The van der Waals surface area contributed by atoms with Crippen molar-refractivity contribution in [3.63, 3.8) is 0 Å². The summed E-state index contributed by atoms with van der Waals surface area (Å²) in [4.78, 5) is 57.1. The molecule has 410 valence electrons. The molecule has 10 aromatic rings.